The second-order valence-electron chi connectivity index (χ2n) is 1.81. The number of hydrogen-bond acceptors (Lipinski definition) is 2. The molecule has 0 saturated carbocycles. The average molecular weight is 110 g/mol. The quantitative estimate of drug-likeness (QED) is 0.476. The Morgan fingerprint density at radius 1 is 1.25 bits per heavy atom. The van der Waals surface area contributed by atoms with Gasteiger partial charge in [-0.3, -0.25) is 0 Å². The van der Waals surface area contributed by atoms with Crippen LogP contribution < -0.4 is 10.6 Å². The molecule has 0 radical (unpaired) electrons. The summed E-state index contributed by atoms with van der Waals surface area (Å²) >= 11 is 0. The van der Waals surface area contributed by atoms with Crippen LogP contribution in [0.2, 0.25) is 0 Å². The monoisotopic (exact) mass is 110 g/mol. The molecule has 1 unspecified atom stereocenters. The summed E-state index contributed by atoms with van der Waals surface area (Å²) in [5.74, 6) is 0. The highest BCUT2D eigenvalue weighted by Gasteiger charge is 1.90. The van der Waals surface area contributed by atoms with Gasteiger partial charge in [-0.25, -0.2) is 0 Å². The van der Waals surface area contributed by atoms with Crippen LogP contribution >= 0.6 is 0 Å². The van der Waals surface area contributed by atoms with Crippen LogP contribution in [0.25, 0.3) is 0 Å². The molecule has 44 valence electrons. The third-order valence-corrected chi connectivity index (χ3v) is 1.02. The van der Waals surface area contributed by atoms with E-state index < -0.39 is 0 Å². The summed E-state index contributed by atoms with van der Waals surface area (Å²) in [7, 11) is 0. The van der Waals surface area contributed by atoms with E-state index in [-0.39, 0.29) is 0 Å². The van der Waals surface area contributed by atoms with Gasteiger partial charge in [0.2, 0.25) is 0 Å². The molecule has 1 aliphatic heterocycles. The largest absolute Gasteiger partial charge is 0.384 e. The number of nitrogens with one attached hydrogen (secondary N) is 2. The first kappa shape index (κ1) is 5.22. The number of rotatable bonds is 0. The summed E-state index contributed by atoms with van der Waals surface area (Å²) in [6, 6.07) is 0.446. The molecule has 0 bridgehead atoms. The minimum atomic E-state index is 0.446. The third kappa shape index (κ3) is 1.30. The molecule has 1 heterocycles. The Kier molecular flexibility index (Phi) is 1.57. The van der Waals surface area contributed by atoms with E-state index in [0.29, 0.717) is 6.04 Å². The standard InChI is InChI=1S/C6H10N2/c1-6-2-3-7-4-5-8-6/h2-8H,1H3. The molecule has 0 fully saturated rings. The molecule has 0 amide bonds. The van der Waals surface area contributed by atoms with Gasteiger partial charge in [-0.15, -0.1) is 0 Å². The molecule has 0 aliphatic carbocycles. The van der Waals surface area contributed by atoms with Gasteiger partial charge in [0.15, 0.2) is 0 Å². The van der Waals surface area contributed by atoms with E-state index in [0.717, 1.165) is 0 Å². The zero-order chi connectivity index (χ0) is 5.82. The fourth-order valence-corrected chi connectivity index (χ4v) is 0.559. The molecular formula is C6H10N2. The normalized spacial score (nSPS) is 25.9. The third-order valence-electron chi connectivity index (χ3n) is 1.02. The smallest absolute Gasteiger partial charge is 0.0428 e. The predicted octanol–water partition coefficient (Wildman–Crippen LogP) is 0.553. The van der Waals surface area contributed by atoms with Gasteiger partial charge in [0.25, 0.3) is 0 Å². The summed E-state index contributed by atoms with van der Waals surface area (Å²) in [5, 5.41) is 6.07. The second kappa shape index (κ2) is 2.40. The highest BCUT2D eigenvalue weighted by molar-refractivity contribution is 4.99. The van der Waals surface area contributed by atoms with E-state index in [1.54, 1.807) is 0 Å². The van der Waals surface area contributed by atoms with Gasteiger partial charge in [-0.2, -0.15) is 0 Å². The highest BCUT2D eigenvalue weighted by atomic mass is 14.9. The molecule has 0 aromatic carbocycles. The summed E-state index contributed by atoms with van der Waals surface area (Å²) in [4.78, 5) is 0. The van der Waals surface area contributed by atoms with Crippen molar-refractivity contribution in [1.29, 1.82) is 0 Å². The molecule has 0 aromatic heterocycles. The molecule has 2 heteroatoms. The fourth-order valence-electron chi connectivity index (χ4n) is 0.559. The molecule has 1 aliphatic rings. The van der Waals surface area contributed by atoms with E-state index in [4.69, 9.17) is 0 Å². The Labute approximate surface area is 49.3 Å². The lowest BCUT2D eigenvalue weighted by Crippen LogP contribution is -2.15. The van der Waals surface area contributed by atoms with Gasteiger partial charge >= 0.3 is 0 Å². The molecule has 0 spiro atoms. The summed E-state index contributed by atoms with van der Waals surface area (Å²) in [6.45, 7) is 2.09. The topological polar surface area (TPSA) is 24.1 Å². The van der Waals surface area contributed by atoms with Crippen molar-refractivity contribution in [3.8, 4) is 0 Å². The maximum Gasteiger partial charge on any atom is 0.0428 e. The van der Waals surface area contributed by atoms with Gasteiger partial charge in [0, 0.05) is 18.4 Å². The average Bonchev–Trinajstić information content (AvgIpc) is 1.94. The predicted molar refractivity (Wildman–Crippen MR) is 34.0 cm³/mol. The van der Waals surface area contributed by atoms with Crippen LogP contribution in [0.5, 0.6) is 0 Å². The lowest BCUT2D eigenvalue weighted by atomic mass is 10.3. The second-order valence-corrected chi connectivity index (χ2v) is 1.81. The molecule has 1 rings (SSSR count). The first-order valence-corrected chi connectivity index (χ1v) is 2.73. The van der Waals surface area contributed by atoms with Crippen LogP contribution in [0.3, 0.4) is 0 Å². The van der Waals surface area contributed by atoms with Crippen molar-refractivity contribution in [3.05, 3.63) is 24.7 Å². The zero-order valence-corrected chi connectivity index (χ0v) is 4.89. The van der Waals surface area contributed by atoms with E-state index in [9.17, 15) is 0 Å². The molecule has 0 saturated heterocycles. The SMILES string of the molecule is CC1C=CNC=CN1. The minimum absolute atomic E-state index is 0.446. The van der Waals surface area contributed by atoms with Crippen LogP contribution in [-0.4, -0.2) is 6.04 Å². The molecule has 0 aromatic rings. The minimum Gasteiger partial charge on any atom is -0.384 e. The molecule has 8 heavy (non-hydrogen) atoms. The van der Waals surface area contributed by atoms with Gasteiger partial charge in [0.05, 0.1) is 0 Å². The van der Waals surface area contributed by atoms with Crippen molar-refractivity contribution < 1.29 is 0 Å². The summed E-state index contributed by atoms with van der Waals surface area (Å²) in [5.41, 5.74) is 0. The maximum atomic E-state index is 3.11. The van der Waals surface area contributed by atoms with Crippen LogP contribution in [0.4, 0.5) is 0 Å². The Morgan fingerprint density at radius 3 is 3.00 bits per heavy atom. The van der Waals surface area contributed by atoms with Gasteiger partial charge < -0.3 is 10.6 Å². The first-order chi connectivity index (χ1) is 3.89. The Bertz CT molecular complexity index is 116. The Hall–Kier alpha value is -0.920. The lowest BCUT2D eigenvalue weighted by Gasteiger charge is -2.00. The van der Waals surface area contributed by atoms with Gasteiger partial charge in [0.1, 0.15) is 0 Å². The summed E-state index contributed by atoms with van der Waals surface area (Å²) in [6.07, 6.45) is 7.73. The van der Waals surface area contributed by atoms with Crippen LogP contribution in [0, 0.1) is 0 Å². The van der Waals surface area contributed by atoms with Crippen molar-refractivity contribution in [3.63, 3.8) is 0 Å². The molecule has 1 atom stereocenters. The maximum absolute atomic E-state index is 3.11. The Morgan fingerprint density at radius 2 is 2.12 bits per heavy atom. The van der Waals surface area contributed by atoms with Crippen LogP contribution in [0.15, 0.2) is 24.7 Å². The fraction of sp³-hybridized carbons (Fsp3) is 0.333. The van der Waals surface area contributed by atoms with E-state index >= 15 is 0 Å². The number of hydrogen-bond donors (Lipinski definition) is 2. The van der Waals surface area contributed by atoms with Crippen molar-refractivity contribution in [2.24, 2.45) is 0 Å². The Balaban J connectivity index is 2.48. The van der Waals surface area contributed by atoms with Crippen molar-refractivity contribution >= 4 is 0 Å². The highest BCUT2D eigenvalue weighted by Crippen LogP contribution is 1.85. The van der Waals surface area contributed by atoms with E-state index in [2.05, 4.69) is 23.6 Å². The van der Waals surface area contributed by atoms with Crippen LogP contribution in [0.1, 0.15) is 6.92 Å². The van der Waals surface area contributed by atoms with Gasteiger partial charge in [-0.1, -0.05) is 0 Å². The lowest BCUT2D eigenvalue weighted by molar-refractivity contribution is 0.773. The van der Waals surface area contributed by atoms with Crippen LogP contribution in [-0.2, 0) is 0 Å². The van der Waals surface area contributed by atoms with Crippen molar-refractivity contribution in [2.75, 3.05) is 0 Å². The van der Waals surface area contributed by atoms with Gasteiger partial charge in [-0.05, 0) is 19.2 Å². The summed E-state index contributed by atoms with van der Waals surface area (Å²) < 4.78 is 0. The van der Waals surface area contributed by atoms with E-state index in [1.165, 1.54) is 0 Å². The molecular weight excluding hydrogens is 100 g/mol. The first-order valence-electron chi connectivity index (χ1n) is 2.73. The molecule has 2 N–H and O–H groups in total. The molecule has 2 nitrogen and oxygen atoms in total. The zero-order valence-electron chi connectivity index (χ0n) is 4.89. The van der Waals surface area contributed by atoms with Crippen molar-refractivity contribution in [2.45, 2.75) is 13.0 Å². The van der Waals surface area contributed by atoms with E-state index in [1.807, 2.05) is 18.6 Å². The van der Waals surface area contributed by atoms with Crippen molar-refractivity contribution in [1.82, 2.24) is 10.6 Å².